The van der Waals surface area contributed by atoms with Crippen molar-refractivity contribution in [2.24, 2.45) is 5.73 Å². The van der Waals surface area contributed by atoms with Gasteiger partial charge in [-0.1, -0.05) is 18.3 Å². The number of rotatable bonds is 5. The molecule has 4 heteroatoms. The van der Waals surface area contributed by atoms with Gasteiger partial charge in [0.25, 0.3) is 0 Å². The maximum absolute atomic E-state index is 5.70. The summed E-state index contributed by atoms with van der Waals surface area (Å²) in [5.41, 5.74) is 7.75. The summed E-state index contributed by atoms with van der Waals surface area (Å²) in [6.07, 6.45) is 2.63. The summed E-state index contributed by atoms with van der Waals surface area (Å²) >= 11 is 5.04. The van der Waals surface area contributed by atoms with E-state index in [0.717, 1.165) is 23.9 Å². The van der Waals surface area contributed by atoms with Gasteiger partial charge in [-0.25, -0.2) is 0 Å². The number of hydrogen-bond donors (Lipinski definition) is 1. The zero-order valence-corrected chi connectivity index (χ0v) is 11.1. The van der Waals surface area contributed by atoms with E-state index in [0.29, 0.717) is 4.99 Å². The van der Waals surface area contributed by atoms with E-state index in [2.05, 4.69) is 18.0 Å². The highest BCUT2D eigenvalue weighted by atomic mass is 32.1. The van der Waals surface area contributed by atoms with Gasteiger partial charge in [-0.15, -0.1) is 0 Å². The van der Waals surface area contributed by atoms with Crippen molar-refractivity contribution < 1.29 is 4.74 Å². The predicted molar refractivity (Wildman–Crippen MR) is 73.4 cm³/mol. The number of nitrogens with zero attached hydrogens (tertiary/aromatic N) is 1. The van der Waals surface area contributed by atoms with Crippen LogP contribution in [0.4, 0.5) is 0 Å². The van der Waals surface area contributed by atoms with E-state index >= 15 is 0 Å². The minimum atomic E-state index is 0.387. The highest BCUT2D eigenvalue weighted by molar-refractivity contribution is 7.80. The van der Waals surface area contributed by atoms with Crippen LogP contribution in [0.3, 0.4) is 0 Å². The molecule has 0 saturated heterocycles. The Balaban J connectivity index is 2.17. The summed E-state index contributed by atoms with van der Waals surface area (Å²) in [7, 11) is 3.79. The van der Waals surface area contributed by atoms with Crippen LogP contribution < -0.4 is 10.5 Å². The maximum atomic E-state index is 5.70. The third-order valence-corrected chi connectivity index (χ3v) is 3.35. The number of hydrogen-bond acceptors (Lipinski definition) is 3. The number of nitrogens with two attached hydrogens (primary N) is 1. The Bertz CT molecular complexity index is 429. The van der Waals surface area contributed by atoms with Crippen LogP contribution in [0.2, 0.25) is 0 Å². The van der Waals surface area contributed by atoms with Gasteiger partial charge in [0.05, 0.1) is 12.7 Å². The van der Waals surface area contributed by atoms with Crippen molar-refractivity contribution in [3.8, 4) is 5.75 Å². The molecule has 2 rings (SSSR count). The Morgan fingerprint density at radius 2 is 2.24 bits per heavy atom. The molecule has 92 valence electrons. The molecule has 1 aliphatic rings. The average Bonchev–Trinajstić information content (AvgIpc) is 3.12. The SMILES string of the molecule is COc1ccc(CN(C)C2CC2)cc1C(N)=S. The lowest BCUT2D eigenvalue weighted by Crippen LogP contribution is -2.20. The van der Waals surface area contributed by atoms with Crippen molar-refractivity contribution in [1.29, 1.82) is 0 Å². The van der Waals surface area contributed by atoms with Gasteiger partial charge in [0.15, 0.2) is 0 Å². The van der Waals surface area contributed by atoms with Gasteiger partial charge < -0.3 is 10.5 Å². The standard InChI is InChI=1S/C13H18N2OS/c1-15(10-4-5-10)8-9-3-6-12(16-2)11(7-9)13(14)17/h3,6-7,10H,4-5,8H2,1-2H3,(H2,14,17). The number of thiocarbonyl (C=S) groups is 1. The predicted octanol–water partition coefficient (Wildman–Crippen LogP) is 1.92. The summed E-state index contributed by atoms with van der Waals surface area (Å²) in [5, 5.41) is 0. The van der Waals surface area contributed by atoms with Crippen LogP contribution in [0.25, 0.3) is 0 Å². The Morgan fingerprint density at radius 3 is 2.76 bits per heavy atom. The fourth-order valence-corrected chi connectivity index (χ4v) is 2.14. The van der Waals surface area contributed by atoms with Gasteiger partial charge in [0, 0.05) is 12.6 Å². The molecule has 0 aromatic heterocycles. The number of ether oxygens (including phenoxy) is 1. The van der Waals surface area contributed by atoms with Crippen LogP contribution in [0.5, 0.6) is 5.75 Å². The fourth-order valence-electron chi connectivity index (χ4n) is 1.98. The molecular formula is C13H18N2OS. The molecule has 2 N–H and O–H groups in total. The summed E-state index contributed by atoms with van der Waals surface area (Å²) in [5.74, 6) is 0.746. The molecule has 0 amide bonds. The highest BCUT2D eigenvalue weighted by Crippen LogP contribution is 2.27. The van der Waals surface area contributed by atoms with Crippen LogP contribution in [0, 0.1) is 0 Å². The third-order valence-electron chi connectivity index (χ3n) is 3.13. The molecule has 1 saturated carbocycles. The molecule has 3 nitrogen and oxygen atoms in total. The first-order valence-corrected chi connectivity index (χ1v) is 6.19. The first-order chi connectivity index (χ1) is 8.11. The minimum Gasteiger partial charge on any atom is -0.496 e. The van der Waals surface area contributed by atoms with Gasteiger partial charge in [-0.2, -0.15) is 0 Å². The van der Waals surface area contributed by atoms with E-state index in [-0.39, 0.29) is 0 Å². The summed E-state index contributed by atoms with van der Waals surface area (Å²) in [4.78, 5) is 2.75. The van der Waals surface area contributed by atoms with E-state index in [4.69, 9.17) is 22.7 Å². The summed E-state index contributed by atoms with van der Waals surface area (Å²) < 4.78 is 5.25. The van der Waals surface area contributed by atoms with Crippen molar-refractivity contribution in [2.75, 3.05) is 14.2 Å². The minimum absolute atomic E-state index is 0.387. The van der Waals surface area contributed by atoms with Gasteiger partial charge in [-0.05, 0) is 37.6 Å². The molecule has 1 aliphatic carbocycles. The normalized spacial score (nSPS) is 15.0. The topological polar surface area (TPSA) is 38.5 Å². The molecule has 0 radical (unpaired) electrons. The van der Waals surface area contributed by atoms with E-state index in [9.17, 15) is 0 Å². The molecule has 0 unspecified atom stereocenters. The lowest BCUT2D eigenvalue weighted by molar-refractivity contribution is 0.316. The van der Waals surface area contributed by atoms with Crippen LogP contribution >= 0.6 is 12.2 Å². The molecule has 17 heavy (non-hydrogen) atoms. The zero-order valence-electron chi connectivity index (χ0n) is 10.3. The van der Waals surface area contributed by atoms with Gasteiger partial charge in [0.2, 0.25) is 0 Å². The number of benzene rings is 1. The second kappa shape index (κ2) is 5.02. The molecule has 0 heterocycles. The smallest absolute Gasteiger partial charge is 0.129 e. The second-order valence-electron chi connectivity index (χ2n) is 4.55. The second-order valence-corrected chi connectivity index (χ2v) is 4.99. The van der Waals surface area contributed by atoms with Crippen molar-refractivity contribution in [1.82, 2.24) is 4.90 Å². The van der Waals surface area contributed by atoms with Crippen LogP contribution in [-0.2, 0) is 6.54 Å². The van der Waals surface area contributed by atoms with Crippen molar-refractivity contribution in [3.05, 3.63) is 29.3 Å². The maximum Gasteiger partial charge on any atom is 0.129 e. The average molecular weight is 250 g/mol. The third kappa shape index (κ3) is 2.96. The molecule has 0 aliphatic heterocycles. The number of methoxy groups -OCH3 is 1. The molecule has 1 aromatic rings. The van der Waals surface area contributed by atoms with Gasteiger partial charge >= 0.3 is 0 Å². The Hall–Kier alpha value is -1.13. The molecule has 0 atom stereocenters. The van der Waals surface area contributed by atoms with Crippen molar-refractivity contribution >= 4 is 17.2 Å². The largest absolute Gasteiger partial charge is 0.496 e. The van der Waals surface area contributed by atoms with Crippen molar-refractivity contribution in [3.63, 3.8) is 0 Å². The zero-order chi connectivity index (χ0) is 12.4. The first-order valence-electron chi connectivity index (χ1n) is 5.78. The highest BCUT2D eigenvalue weighted by Gasteiger charge is 2.25. The monoisotopic (exact) mass is 250 g/mol. The van der Waals surface area contributed by atoms with E-state index in [1.54, 1.807) is 7.11 Å². The molecular weight excluding hydrogens is 232 g/mol. The Morgan fingerprint density at radius 1 is 1.53 bits per heavy atom. The molecule has 0 bridgehead atoms. The first kappa shape index (κ1) is 12.3. The van der Waals surface area contributed by atoms with Crippen LogP contribution in [0.1, 0.15) is 24.0 Å². The summed E-state index contributed by atoms with van der Waals surface area (Å²) in [6.45, 7) is 0.935. The van der Waals surface area contributed by atoms with E-state index < -0.39 is 0 Å². The van der Waals surface area contributed by atoms with E-state index in [1.165, 1.54) is 18.4 Å². The molecule has 1 fully saturated rings. The lowest BCUT2D eigenvalue weighted by Gasteiger charge is -2.17. The molecule has 0 spiro atoms. The quantitative estimate of drug-likeness (QED) is 0.810. The molecule has 1 aromatic carbocycles. The van der Waals surface area contributed by atoms with Crippen molar-refractivity contribution in [2.45, 2.75) is 25.4 Å². The van der Waals surface area contributed by atoms with Gasteiger partial charge in [-0.3, -0.25) is 4.90 Å². The van der Waals surface area contributed by atoms with Crippen LogP contribution in [-0.4, -0.2) is 30.1 Å². The summed E-state index contributed by atoms with van der Waals surface area (Å²) in [6, 6.07) is 6.79. The Kier molecular flexibility index (Phi) is 3.64. The van der Waals surface area contributed by atoms with E-state index in [1.807, 2.05) is 12.1 Å². The fraction of sp³-hybridized carbons (Fsp3) is 0.462. The Labute approximate surface area is 108 Å². The van der Waals surface area contributed by atoms with Crippen LogP contribution in [0.15, 0.2) is 18.2 Å². The van der Waals surface area contributed by atoms with Gasteiger partial charge in [0.1, 0.15) is 10.7 Å². The lowest BCUT2D eigenvalue weighted by atomic mass is 10.1.